The molecule has 0 aliphatic rings. The Morgan fingerprint density at radius 2 is 1.44 bits per heavy atom. The van der Waals surface area contributed by atoms with E-state index in [0.29, 0.717) is 12.8 Å². The highest BCUT2D eigenvalue weighted by Gasteiger charge is 2.30. The first-order valence-corrected chi connectivity index (χ1v) is 14.3. The molecule has 0 saturated carbocycles. The van der Waals surface area contributed by atoms with Crippen LogP contribution in [0.4, 0.5) is 0 Å². The van der Waals surface area contributed by atoms with Crippen molar-refractivity contribution in [3.05, 3.63) is 97.1 Å². The molecule has 0 aliphatic heterocycles. The van der Waals surface area contributed by atoms with Crippen molar-refractivity contribution in [1.82, 2.24) is 10.6 Å². The molecule has 0 aliphatic carbocycles. The number of benzene rings is 2. The molecule has 0 radical (unpaired) electrons. The third-order valence-corrected chi connectivity index (χ3v) is 6.38. The van der Waals surface area contributed by atoms with Crippen LogP contribution in [0.2, 0.25) is 0 Å². The summed E-state index contributed by atoms with van der Waals surface area (Å²) >= 11 is 0. The van der Waals surface area contributed by atoms with Gasteiger partial charge in [-0.2, -0.15) is 0 Å². The maximum atomic E-state index is 13.2. The monoisotopic (exact) mass is 594 g/mol. The van der Waals surface area contributed by atoms with Gasteiger partial charge in [0.2, 0.25) is 11.8 Å². The number of hydrogen-bond acceptors (Lipinski definition) is 8. The number of carbonyl (C=O) groups excluding carboxylic acids is 4. The molecule has 0 unspecified atom stereocenters. The molecule has 0 bridgehead atoms. The van der Waals surface area contributed by atoms with Crippen molar-refractivity contribution >= 4 is 23.8 Å². The van der Waals surface area contributed by atoms with Crippen molar-refractivity contribution in [3.63, 3.8) is 0 Å². The van der Waals surface area contributed by atoms with Crippen molar-refractivity contribution in [1.29, 1.82) is 0 Å². The Balaban J connectivity index is 2.08. The molecule has 2 rings (SSSR count). The number of esters is 2. The number of nitrogens with one attached hydrogen (secondary N) is 2. The Labute approximate surface area is 253 Å². The molecule has 232 valence electrons. The van der Waals surface area contributed by atoms with Gasteiger partial charge in [0.15, 0.2) is 6.04 Å². The van der Waals surface area contributed by atoms with Gasteiger partial charge < -0.3 is 30.0 Å². The molecule has 3 atom stereocenters. The van der Waals surface area contributed by atoms with E-state index < -0.39 is 48.2 Å². The van der Waals surface area contributed by atoms with Gasteiger partial charge in [-0.1, -0.05) is 72.8 Å². The first-order valence-electron chi connectivity index (χ1n) is 14.3. The van der Waals surface area contributed by atoms with Crippen LogP contribution in [0.1, 0.15) is 30.4 Å². The summed E-state index contributed by atoms with van der Waals surface area (Å²) in [6, 6.07) is 17.2. The van der Waals surface area contributed by atoms with Crippen LogP contribution in [-0.4, -0.2) is 67.9 Å². The van der Waals surface area contributed by atoms with Gasteiger partial charge in [0.25, 0.3) is 0 Å². The topological polar surface area (TPSA) is 140 Å². The molecule has 43 heavy (non-hydrogen) atoms. The third kappa shape index (κ3) is 14.0. The van der Waals surface area contributed by atoms with Crippen LogP contribution in [0.5, 0.6) is 0 Å². The van der Waals surface area contributed by atoms with Gasteiger partial charge in [0.1, 0.15) is 13.2 Å². The van der Waals surface area contributed by atoms with E-state index >= 15 is 0 Å². The number of rotatable bonds is 21. The van der Waals surface area contributed by atoms with Crippen LogP contribution >= 0.6 is 0 Å². The lowest BCUT2D eigenvalue weighted by Crippen LogP contribution is -2.48. The van der Waals surface area contributed by atoms with Crippen molar-refractivity contribution in [2.75, 3.05) is 33.0 Å². The number of ether oxygens (including phenoxy) is 3. The molecule has 3 N–H and O–H groups in total. The molecule has 0 saturated heterocycles. The Morgan fingerprint density at radius 3 is 2.07 bits per heavy atom. The number of amides is 2. The van der Waals surface area contributed by atoms with E-state index in [1.165, 1.54) is 6.08 Å². The van der Waals surface area contributed by atoms with Gasteiger partial charge in [0, 0.05) is 13.0 Å². The molecule has 0 heterocycles. The zero-order valence-corrected chi connectivity index (χ0v) is 24.5. The summed E-state index contributed by atoms with van der Waals surface area (Å²) in [6.07, 6.45) is 3.93. The second-order valence-corrected chi connectivity index (χ2v) is 9.81. The van der Waals surface area contributed by atoms with Gasteiger partial charge >= 0.3 is 11.9 Å². The molecular formula is C33H42N2O8. The average molecular weight is 595 g/mol. The summed E-state index contributed by atoms with van der Waals surface area (Å²) in [7, 11) is 0. The minimum atomic E-state index is -1.30. The SMILES string of the molecule is C=CC[C@H](CC(=O)NCCOCCO)C(=O)N[C@H](COC(=O)[C@@H](CC=C)Cc1ccccc1)C(=O)OCc1ccccc1. The molecule has 10 heteroatoms. The summed E-state index contributed by atoms with van der Waals surface area (Å²) in [5.41, 5.74) is 1.69. The Morgan fingerprint density at radius 1 is 0.814 bits per heavy atom. The standard InChI is InChI=1S/C33H42N2O8/c1-3-11-27(22-30(37)34-17-19-41-20-18-36)31(38)35-29(33(40)42-23-26-15-9-6-10-16-26)24-43-32(39)28(12-4-2)21-25-13-7-5-8-14-25/h3-10,13-16,27-29,36H,1-2,11-12,17-24H2,(H,34,37)(H,35,38)/t27-,28+,29-/m1/s1. The number of allylic oxidation sites excluding steroid dienone is 2. The second-order valence-electron chi connectivity index (χ2n) is 9.81. The Kier molecular flexibility index (Phi) is 16.7. The highest BCUT2D eigenvalue weighted by Crippen LogP contribution is 2.16. The van der Waals surface area contributed by atoms with Crippen LogP contribution in [-0.2, 0) is 46.4 Å². The minimum Gasteiger partial charge on any atom is -0.463 e. The number of carbonyl (C=O) groups is 4. The fraction of sp³-hybridized carbons (Fsp3) is 0.394. The van der Waals surface area contributed by atoms with E-state index in [9.17, 15) is 19.2 Å². The molecule has 10 nitrogen and oxygen atoms in total. The molecular weight excluding hydrogens is 552 g/mol. The predicted octanol–water partition coefficient (Wildman–Crippen LogP) is 2.90. The van der Waals surface area contributed by atoms with E-state index in [4.69, 9.17) is 19.3 Å². The Hall–Kier alpha value is -4.28. The van der Waals surface area contributed by atoms with Gasteiger partial charge in [-0.05, 0) is 30.4 Å². The van der Waals surface area contributed by atoms with Crippen molar-refractivity contribution < 1.29 is 38.5 Å². The lowest BCUT2D eigenvalue weighted by molar-refractivity contribution is -0.157. The molecule has 0 fully saturated rings. The number of hydrogen-bond donors (Lipinski definition) is 3. The Bertz CT molecular complexity index is 1160. The minimum absolute atomic E-state index is 0.0378. The lowest BCUT2D eigenvalue weighted by Gasteiger charge is -2.22. The number of aliphatic hydroxyl groups excluding tert-OH is 1. The van der Waals surface area contributed by atoms with Gasteiger partial charge in [-0.25, -0.2) is 4.79 Å². The quantitative estimate of drug-likeness (QED) is 0.114. The summed E-state index contributed by atoms with van der Waals surface area (Å²) in [5, 5.41) is 14.0. The van der Waals surface area contributed by atoms with Crippen LogP contribution < -0.4 is 10.6 Å². The smallest absolute Gasteiger partial charge is 0.332 e. The zero-order valence-electron chi connectivity index (χ0n) is 24.5. The molecule has 0 aromatic heterocycles. The van der Waals surface area contributed by atoms with Crippen LogP contribution in [0, 0.1) is 11.8 Å². The van der Waals surface area contributed by atoms with Gasteiger partial charge in [-0.3, -0.25) is 14.4 Å². The van der Waals surface area contributed by atoms with Gasteiger partial charge in [-0.15, -0.1) is 13.2 Å². The van der Waals surface area contributed by atoms with Crippen LogP contribution in [0.25, 0.3) is 0 Å². The highest BCUT2D eigenvalue weighted by atomic mass is 16.6. The van der Waals surface area contributed by atoms with E-state index in [0.717, 1.165) is 11.1 Å². The fourth-order valence-electron chi connectivity index (χ4n) is 4.14. The first kappa shape index (κ1) is 34.9. The van der Waals surface area contributed by atoms with Crippen molar-refractivity contribution in [2.24, 2.45) is 11.8 Å². The van der Waals surface area contributed by atoms with Crippen LogP contribution in [0.15, 0.2) is 86.0 Å². The third-order valence-electron chi connectivity index (χ3n) is 6.38. The average Bonchev–Trinajstić information content (AvgIpc) is 3.02. The van der Waals surface area contributed by atoms with E-state index in [2.05, 4.69) is 23.8 Å². The summed E-state index contributed by atoms with van der Waals surface area (Å²) in [6.45, 7) is 7.37. The van der Waals surface area contributed by atoms with Crippen molar-refractivity contribution in [2.45, 2.75) is 38.3 Å². The van der Waals surface area contributed by atoms with E-state index in [1.54, 1.807) is 30.3 Å². The maximum absolute atomic E-state index is 13.2. The fourth-order valence-corrected chi connectivity index (χ4v) is 4.14. The summed E-state index contributed by atoms with van der Waals surface area (Å²) in [5.74, 6) is -3.66. The second kappa shape index (κ2) is 20.6. The highest BCUT2D eigenvalue weighted by molar-refractivity contribution is 5.89. The molecule has 0 spiro atoms. The lowest BCUT2D eigenvalue weighted by atomic mass is 9.96. The molecule has 2 amide bonds. The summed E-state index contributed by atoms with van der Waals surface area (Å²) < 4.78 is 16.1. The first-order chi connectivity index (χ1) is 20.9. The largest absolute Gasteiger partial charge is 0.463 e. The molecule has 2 aromatic carbocycles. The normalized spacial score (nSPS) is 12.7. The predicted molar refractivity (Wildman–Crippen MR) is 161 cm³/mol. The van der Waals surface area contributed by atoms with E-state index in [1.807, 2.05) is 36.4 Å². The van der Waals surface area contributed by atoms with Crippen molar-refractivity contribution in [3.8, 4) is 0 Å². The summed E-state index contributed by atoms with van der Waals surface area (Å²) in [4.78, 5) is 51.8. The zero-order chi connectivity index (χ0) is 31.3. The van der Waals surface area contributed by atoms with Gasteiger partial charge in [0.05, 0.1) is 31.7 Å². The van der Waals surface area contributed by atoms with Crippen LogP contribution in [0.3, 0.4) is 0 Å². The number of aliphatic hydroxyl groups is 1. The van der Waals surface area contributed by atoms with E-state index in [-0.39, 0.29) is 45.8 Å². The maximum Gasteiger partial charge on any atom is 0.332 e. The molecule has 2 aromatic rings.